The van der Waals surface area contributed by atoms with Gasteiger partial charge in [-0.05, 0) is 112 Å². The fourth-order valence-corrected chi connectivity index (χ4v) is 8.81. The average molecular weight is 438 g/mol. The van der Waals surface area contributed by atoms with Crippen molar-refractivity contribution >= 4 is 5.91 Å². The lowest BCUT2D eigenvalue weighted by Crippen LogP contribution is -2.52. The molecule has 4 aliphatic rings. The quantitative estimate of drug-likeness (QED) is 0.656. The summed E-state index contributed by atoms with van der Waals surface area (Å²) < 4.78 is 0. The van der Waals surface area contributed by atoms with Crippen LogP contribution >= 0.6 is 0 Å². The summed E-state index contributed by atoms with van der Waals surface area (Å²) in [5.41, 5.74) is 1.06. The van der Waals surface area contributed by atoms with Crippen molar-refractivity contribution in [2.45, 2.75) is 83.7 Å². The molecule has 176 valence electrons. The number of aliphatic hydroxyl groups is 1. The van der Waals surface area contributed by atoms with E-state index in [1.165, 1.54) is 44.1 Å². The average Bonchev–Trinajstić information content (AvgIpc) is 3.13. The predicted octanol–water partition coefficient (Wildman–Crippen LogP) is 5.71. The molecule has 4 fully saturated rings. The summed E-state index contributed by atoms with van der Waals surface area (Å²) in [5.74, 6) is 4.53. The second-order valence-corrected chi connectivity index (χ2v) is 12.3. The van der Waals surface area contributed by atoms with Crippen molar-refractivity contribution in [1.29, 1.82) is 0 Å². The van der Waals surface area contributed by atoms with E-state index in [1.807, 2.05) is 11.9 Å². The molecule has 8 atom stereocenters. The summed E-state index contributed by atoms with van der Waals surface area (Å²) in [4.78, 5) is 15.6. The van der Waals surface area contributed by atoms with Gasteiger partial charge in [0, 0.05) is 19.5 Å². The van der Waals surface area contributed by atoms with Gasteiger partial charge in [0.05, 0.1) is 5.60 Å². The number of amides is 1. The van der Waals surface area contributed by atoms with Gasteiger partial charge in [-0.1, -0.05) is 37.3 Å². The van der Waals surface area contributed by atoms with Crippen LogP contribution in [0.1, 0.15) is 77.2 Å². The Morgan fingerprint density at radius 1 is 0.969 bits per heavy atom. The number of carbonyl (C=O) groups excluding carboxylic acids is 1. The molecule has 3 heteroatoms. The van der Waals surface area contributed by atoms with E-state index in [0.29, 0.717) is 5.91 Å². The Morgan fingerprint density at radius 2 is 1.72 bits per heavy atom. The van der Waals surface area contributed by atoms with E-state index in [4.69, 9.17) is 0 Å². The fraction of sp³-hybridized carbons (Fsp3) is 0.759. The molecule has 4 aliphatic carbocycles. The molecule has 5 rings (SSSR count). The highest BCUT2D eigenvalue weighted by Crippen LogP contribution is 2.64. The number of benzene rings is 1. The van der Waals surface area contributed by atoms with Crippen LogP contribution in [0.15, 0.2) is 30.3 Å². The van der Waals surface area contributed by atoms with Gasteiger partial charge in [0.25, 0.3) is 0 Å². The van der Waals surface area contributed by atoms with E-state index < -0.39 is 5.60 Å². The minimum atomic E-state index is -0.438. The molecular formula is C29H43NO2. The third kappa shape index (κ3) is 3.93. The van der Waals surface area contributed by atoms with Gasteiger partial charge in [0.15, 0.2) is 0 Å². The zero-order chi connectivity index (χ0) is 22.5. The van der Waals surface area contributed by atoms with Crippen LogP contribution in [0.3, 0.4) is 0 Å². The molecule has 0 aromatic heterocycles. The van der Waals surface area contributed by atoms with Crippen molar-refractivity contribution in [3.63, 3.8) is 0 Å². The van der Waals surface area contributed by atoms with Gasteiger partial charge >= 0.3 is 0 Å². The third-order valence-electron chi connectivity index (χ3n) is 10.5. The van der Waals surface area contributed by atoms with Crippen LogP contribution in [0.2, 0.25) is 0 Å². The van der Waals surface area contributed by atoms with Crippen molar-refractivity contribution < 1.29 is 9.90 Å². The normalized spacial score (nSPS) is 43.1. The summed E-state index contributed by atoms with van der Waals surface area (Å²) in [6, 6.07) is 10.5. The van der Waals surface area contributed by atoms with E-state index >= 15 is 0 Å². The monoisotopic (exact) mass is 437 g/mol. The van der Waals surface area contributed by atoms with Gasteiger partial charge in [-0.25, -0.2) is 0 Å². The van der Waals surface area contributed by atoms with Crippen LogP contribution in [-0.2, 0) is 11.2 Å². The lowest BCUT2D eigenvalue weighted by Gasteiger charge is -2.57. The number of hydrogen-bond acceptors (Lipinski definition) is 2. The standard InChI is InChI=1S/C29H43NO2/c1-28(32)16-13-22-21(19-28)9-10-24-23(22)14-17-29(2)25(24)11-12-26(29)27(31)30(3)18-15-20-7-5-4-6-8-20/h4-8,21-26,32H,9-19H2,1-3H3/t21-,22+,23-,24-,25+,26-,28-,29+/m1/s1. The first-order chi connectivity index (χ1) is 15.3. The van der Waals surface area contributed by atoms with Crippen molar-refractivity contribution in [3.8, 4) is 0 Å². The second kappa shape index (κ2) is 8.46. The molecule has 0 aliphatic heterocycles. The molecule has 0 spiro atoms. The largest absolute Gasteiger partial charge is 0.390 e. The Morgan fingerprint density at radius 3 is 2.50 bits per heavy atom. The maximum atomic E-state index is 13.6. The number of hydrogen-bond donors (Lipinski definition) is 1. The zero-order valence-electron chi connectivity index (χ0n) is 20.4. The number of carbonyl (C=O) groups is 1. The van der Waals surface area contributed by atoms with Crippen LogP contribution in [-0.4, -0.2) is 35.1 Å². The predicted molar refractivity (Wildman–Crippen MR) is 129 cm³/mol. The lowest BCUT2D eigenvalue weighted by molar-refractivity contribution is -0.143. The van der Waals surface area contributed by atoms with E-state index in [9.17, 15) is 9.90 Å². The summed E-state index contributed by atoms with van der Waals surface area (Å²) in [5, 5.41) is 10.6. The smallest absolute Gasteiger partial charge is 0.225 e. The minimum Gasteiger partial charge on any atom is -0.390 e. The Labute approximate surface area is 195 Å². The minimum absolute atomic E-state index is 0.187. The van der Waals surface area contributed by atoms with Crippen LogP contribution < -0.4 is 0 Å². The highest BCUT2D eigenvalue weighted by Gasteiger charge is 2.59. The SMILES string of the molecule is CN(CCc1ccccc1)C(=O)[C@H]1CC[C@H]2[C@@H]3CC[C@@H]4C[C@](C)(O)CC[C@@H]4[C@H]3CC[C@]12C. The van der Waals surface area contributed by atoms with Crippen molar-refractivity contribution in [2.75, 3.05) is 13.6 Å². The molecule has 4 saturated carbocycles. The summed E-state index contributed by atoms with van der Waals surface area (Å²) in [6.07, 6.45) is 11.6. The topological polar surface area (TPSA) is 40.5 Å². The Kier molecular flexibility index (Phi) is 5.93. The first kappa shape index (κ1) is 22.4. The van der Waals surface area contributed by atoms with Gasteiger partial charge < -0.3 is 10.0 Å². The van der Waals surface area contributed by atoms with Gasteiger partial charge in [0.1, 0.15) is 0 Å². The number of rotatable bonds is 4. The zero-order valence-corrected chi connectivity index (χ0v) is 20.4. The van der Waals surface area contributed by atoms with Gasteiger partial charge in [-0.3, -0.25) is 4.79 Å². The van der Waals surface area contributed by atoms with E-state index in [0.717, 1.165) is 61.8 Å². The van der Waals surface area contributed by atoms with Gasteiger partial charge in [-0.15, -0.1) is 0 Å². The highest BCUT2D eigenvalue weighted by molar-refractivity contribution is 5.80. The van der Waals surface area contributed by atoms with Gasteiger partial charge in [-0.2, -0.15) is 0 Å². The molecule has 0 bridgehead atoms. The molecule has 0 saturated heterocycles. The molecule has 0 radical (unpaired) electrons. The van der Waals surface area contributed by atoms with Gasteiger partial charge in [0.2, 0.25) is 5.91 Å². The van der Waals surface area contributed by atoms with Crippen molar-refractivity contribution in [2.24, 2.45) is 40.9 Å². The van der Waals surface area contributed by atoms with Crippen LogP contribution in [0.5, 0.6) is 0 Å². The van der Waals surface area contributed by atoms with Crippen molar-refractivity contribution in [3.05, 3.63) is 35.9 Å². The van der Waals surface area contributed by atoms with Crippen molar-refractivity contribution in [1.82, 2.24) is 4.90 Å². The molecule has 1 N–H and O–H groups in total. The summed E-state index contributed by atoms with van der Waals surface area (Å²) in [7, 11) is 2.02. The Balaban J connectivity index is 1.25. The third-order valence-corrected chi connectivity index (χ3v) is 10.5. The lowest BCUT2D eigenvalue weighted by atomic mass is 9.49. The van der Waals surface area contributed by atoms with Crippen LogP contribution in [0.25, 0.3) is 0 Å². The van der Waals surface area contributed by atoms with E-state index in [1.54, 1.807) is 0 Å². The highest BCUT2D eigenvalue weighted by atomic mass is 16.3. The first-order valence-corrected chi connectivity index (χ1v) is 13.3. The molecular weight excluding hydrogens is 394 g/mol. The van der Waals surface area contributed by atoms with E-state index in [2.05, 4.69) is 44.2 Å². The Bertz CT molecular complexity index is 820. The maximum Gasteiger partial charge on any atom is 0.225 e. The molecule has 0 heterocycles. The second-order valence-electron chi connectivity index (χ2n) is 12.3. The van der Waals surface area contributed by atoms with Crippen LogP contribution in [0, 0.1) is 40.9 Å². The maximum absolute atomic E-state index is 13.6. The molecule has 0 unspecified atom stereocenters. The van der Waals surface area contributed by atoms with E-state index in [-0.39, 0.29) is 11.3 Å². The fourth-order valence-electron chi connectivity index (χ4n) is 8.81. The number of likely N-dealkylation sites (N-methyl/N-ethyl adjacent to an activating group) is 1. The van der Waals surface area contributed by atoms with Crippen LogP contribution in [0.4, 0.5) is 0 Å². The molecule has 1 aromatic rings. The molecule has 1 amide bonds. The first-order valence-electron chi connectivity index (χ1n) is 13.3. The molecule has 1 aromatic carbocycles. The Hall–Kier alpha value is -1.35. The summed E-state index contributed by atoms with van der Waals surface area (Å²) >= 11 is 0. The summed E-state index contributed by atoms with van der Waals surface area (Å²) in [6.45, 7) is 5.33. The number of fused-ring (bicyclic) bond motifs is 5. The number of nitrogens with zero attached hydrogens (tertiary/aromatic N) is 1. The molecule has 32 heavy (non-hydrogen) atoms. The molecule has 3 nitrogen and oxygen atoms in total.